The predicted octanol–water partition coefficient (Wildman–Crippen LogP) is 4.38. The van der Waals surface area contributed by atoms with Crippen LogP contribution in [0.3, 0.4) is 0 Å². The minimum Gasteiger partial charge on any atom is -0.438 e. The van der Waals surface area contributed by atoms with E-state index in [0.717, 1.165) is 6.07 Å². The topological polar surface area (TPSA) is 114 Å². The number of nitro benzene ring substituents is 1. The fraction of sp³-hybridized carbons (Fsp3) is 0. The lowest BCUT2D eigenvalue weighted by atomic mass is 10.2. The number of rotatable bonds is 1. The van der Waals surface area contributed by atoms with Crippen LogP contribution in [0, 0.1) is 21.4 Å². The van der Waals surface area contributed by atoms with E-state index >= 15 is 0 Å². The lowest BCUT2D eigenvalue weighted by Gasteiger charge is -1.97. The van der Waals surface area contributed by atoms with Crippen molar-refractivity contribution in [3.8, 4) is 6.07 Å². The molecule has 0 radical (unpaired) electrons. The number of halogens is 3. The van der Waals surface area contributed by atoms with Crippen LogP contribution >= 0.6 is 38.9 Å². The highest BCUT2D eigenvalue weighted by molar-refractivity contribution is 8.24. The van der Waals surface area contributed by atoms with Crippen molar-refractivity contribution in [3.63, 3.8) is 0 Å². The Labute approximate surface area is 131 Å². The Morgan fingerprint density at radius 1 is 1.33 bits per heavy atom. The van der Waals surface area contributed by atoms with Crippen LogP contribution in [0.15, 0.2) is 33.5 Å². The van der Waals surface area contributed by atoms with Gasteiger partial charge in [-0.1, -0.05) is 6.07 Å². The quantitative estimate of drug-likeness (QED) is 0.418. The third-order valence-electron chi connectivity index (χ3n) is 2.04. The number of para-hydroxylation sites is 1. The van der Waals surface area contributed by atoms with Crippen LogP contribution in [0.2, 0.25) is 0 Å². The molecular weight excluding hydrogens is 365 g/mol. The molecule has 110 valence electrons. The van der Waals surface area contributed by atoms with Gasteiger partial charge in [-0.05, 0) is 39.8 Å². The molecule has 0 unspecified atom stereocenters. The minimum atomic E-state index is -3.22. The summed E-state index contributed by atoms with van der Waals surface area (Å²) in [5.41, 5.74) is -0.968. The summed E-state index contributed by atoms with van der Waals surface area (Å²) < 4.78 is 14.5. The van der Waals surface area contributed by atoms with Gasteiger partial charge in [0.05, 0.1) is 10.3 Å². The Hall–Kier alpha value is -1.58. The maximum atomic E-state index is 11.5. The molecule has 0 saturated heterocycles. The van der Waals surface area contributed by atoms with Crippen molar-refractivity contribution >= 4 is 55.6 Å². The predicted molar refractivity (Wildman–Crippen MR) is 79.0 cm³/mol. The summed E-state index contributed by atoms with van der Waals surface area (Å²) in [7, 11) is 0. The summed E-state index contributed by atoms with van der Waals surface area (Å²) in [6, 6.07) is 6.66. The Bertz CT molecular complexity index is 830. The lowest BCUT2D eigenvalue weighted by molar-refractivity contribution is -0.383. The minimum absolute atomic E-state index is 0.0909. The van der Waals surface area contributed by atoms with E-state index in [1.54, 1.807) is 6.07 Å². The number of hydrogen-bond donors (Lipinski definition) is 0. The molecule has 0 N–H and O–H groups in total. The maximum Gasteiger partial charge on any atom is 0.339 e. The van der Waals surface area contributed by atoms with E-state index in [-0.39, 0.29) is 22.4 Å². The average molecular weight is 369 g/mol. The van der Waals surface area contributed by atoms with Crippen LogP contribution in [0.5, 0.6) is 0 Å². The summed E-state index contributed by atoms with van der Waals surface area (Å²) >= 11 is 13.8. The first-order chi connectivity index (χ1) is 9.63. The standard InChI is InChI=1S/C10H4N2O4.Cl3OP/c11-5-6-4-9(13)7-2-1-3-8(12(14)15)10(7)16-6;1-5(2,3)4/h1-4H;. The third kappa shape index (κ3) is 5.37. The van der Waals surface area contributed by atoms with Gasteiger partial charge >= 0.3 is 10.9 Å². The molecule has 0 atom stereocenters. The molecule has 1 heterocycles. The number of non-ortho nitro benzene ring substituents is 1. The summed E-state index contributed by atoms with van der Waals surface area (Å²) in [6.45, 7) is 0. The van der Waals surface area contributed by atoms with E-state index in [9.17, 15) is 19.5 Å². The van der Waals surface area contributed by atoms with Gasteiger partial charge in [0, 0.05) is 12.1 Å². The highest BCUT2D eigenvalue weighted by Gasteiger charge is 2.16. The molecule has 1 aromatic heterocycles. The molecule has 1 aromatic carbocycles. The second-order valence-electron chi connectivity index (χ2n) is 3.40. The Balaban J connectivity index is 0.000000383. The average Bonchev–Trinajstić information content (AvgIpc) is 2.35. The largest absolute Gasteiger partial charge is 0.438 e. The lowest BCUT2D eigenvalue weighted by Crippen LogP contribution is -2.02. The zero-order chi connectivity index (χ0) is 16.2. The first kappa shape index (κ1) is 17.5. The molecule has 0 fully saturated rings. The molecule has 2 aromatic rings. The van der Waals surface area contributed by atoms with Crippen molar-refractivity contribution < 1.29 is 13.9 Å². The molecule has 2 rings (SSSR count). The Morgan fingerprint density at radius 3 is 2.38 bits per heavy atom. The van der Waals surface area contributed by atoms with Crippen LogP contribution in [0.1, 0.15) is 5.76 Å². The fourth-order valence-corrected chi connectivity index (χ4v) is 1.36. The van der Waals surface area contributed by atoms with Gasteiger partial charge in [-0.2, -0.15) is 5.26 Å². The third-order valence-corrected chi connectivity index (χ3v) is 2.04. The monoisotopic (exact) mass is 368 g/mol. The van der Waals surface area contributed by atoms with E-state index in [1.807, 2.05) is 0 Å². The van der Waals surface area contributed by atoms with Crippen LogP contribution in [-0.4, -0.2) is 4.92 Å². The van der Waals surface area contributed by atoms with Crippen molar-refractivity contribution in [2.75, 3.05) is 0 Å². The second-order valence-corrected chi connectivity index (χ2v) is 10.0. The Kier molecular flexibility index (Phi) is 5.76. The highest BCUT2D eigenvalue weighted by atomic mass is 36.0. The molecule has 0 aliphatic heterocycles. The number of benzene rings is 1. The van der Waals surface area contributed by atoms with Gasteiger partial charge in [0.25, 0.3) is 0 Å². The van der Waals surface area contributed by atoms with Gasteiger partial charge in [0.2, 0.25) is 11.3 Å². The van der Waals surface area contributed by atoms with Gasteiger partial charge in [0.1, 0.15) is 6.07 Å². The summed E-state index contributed by atoms with van der Waals surface area (Å²) in [6.07, 6.45) is 0. The molecule has 0 saturated carbocycles. The number of nitrogens with zero attached hydrogens (tertiary/aromatic N) is 2. The molecule has 0 aliphatic rings. The van der Waals surface area contributed by atoms with Crippen molar-refractivity contribution in [1.82, 2.24) is 0 Å². The zero-order valence-corrected chi connectivity index (χ0v) is 13.0. The van der Waals surface area contributed by atoms with Crippen LogP contribution in [0.4, 0.5) is 5.69 Å². The van der Waals surface area contributed by atoms with Gasteiger partial charge in [-0.3, -0.25) is 19.5 Å². The molecule has 0 spiro atoms. The van der Waals surface area contributed by atoms with E-state index in [1.165, 1.54) is 18.2 Å². The van der Waals surface area contributed by atoms with E-state index in [2.05, 4.69) is 33.7 Å². The molecule has 0 bridgehead atoms. The highest BCUT2D eigenvalue weighted by Crippen LogP contribution is 2.61. The molecule has 11 heteroatoms. The summed E-state index contributed by atoms with van der Waals surface area (Å²) in [5, 5.41) is 16.2. The van der Waals surface area contributed by atoms with Crippen molar-refractivity contribution in [2.24, 2.45) is 0 Å². The maximum absolute atomic E-state index is 11.5. The van der Waals surface area contributed by atoms with E-state index in [4.69, 9.17) is 9.68 Å². The van der Waals surface area contributed by atoms with E-state index < -0.39 is 15.6 Å². The molecule has 0 aliphatic carbocycles. The first-order valence-electron chi connectivity index (χ1n) is 4.94. The number of nitro groups is 1. The summed E-state index contributed by atoms with van der Waals surface area (Å²) in [5.74, 6) is -0.244. The first-order valence-corrected chi connectivity index (χ1v) is 9.36. The van der Waals surface area contributed by atoms with Gasteiger partial charge in [-0.15, -0.1) is 0 Å². The van der Waals surface area contributed by atoms with Gasteiger partial charge in [0.15, 0.2) is 5.43 Å². The smallest absolute Gasteiger partial charge is 0.339 e. The number of hydrogen-bond acceptors (Lipinski definition) is 6. The van der Waals surface area contributed by atoms with Crippen molar-refractivity contribution in [1.29, 1.82) is 5.26 Å². The van der Waals surface area contributed by atoms with Crippen molar-refractivity contribution in [2.45, 2.75) is 0 Å². The van der Waals surface area contributed by atoms with Gasteiger partial charge < -0.3 is 4.42 Å². The second kappa shape index (κ2) is 6.92. The van der Waals surface area contributed by atoms with E-state index in [0.29, 0.717) is 0 Å². The Morgan fingerprint density at radius 2 is 1.90 bits per heavy atom. The van der Waals surface area contributed by atoms with Crippen molar-refractivity contribution in [3.05, 3.63) is 50.4 Å². The van der Waals surface area contributed by atoms with Crippen LogP contribution < -0.4 is 5.43 Å². The molecular formula is C10H4Cl3N2O5P. The summed E-state index contributed by atoms with van der Waals surface area (Å²) in [4.78, 5) is 21.5. The van der Waals surface area contributed by atoms with Crippen LogP contribution in [-0.2, 0) is 4.57 Å². The van der Waals surface area contributed by atoms with Crippen LogP contribution in [0.25, 0.3) is 11.0 Å². The molecule has 0 amide bonds. The zero-order valence-electron chi connectivity index (χ0n) is 9.83. The number of nitriles is 1. The fourth-order valence-electron chi connectivity index (χ4n) is 1.36. The molecule has 21 heavy (non-hydrogen) atoms. The van der Waals surface area contributed by atoms with Gasteiger partial charge in [-0.25, -0.2) is 0 Å². The normalized spacial score (nSPS) is 10.4. The SMILES string of the molecule is N#Cc1cc(=O)c2cccc([N+](=O)[O-])c2o1.O=P(Cl)(Cl)Cl. The molecule has 7 nitrogen and oxygen atoms in total. The number of fused-ring (bicyclic) bond motifs is 1.